The van der Waals surface area contributed by atoms with Crippen LogP contribution < -0.4 is 5.32 Å². The maximum Gasteiger partial charge on any atom is 0.234 e. The lowest BCUT2D eigenvalue weighted by Gasteiger charge is -2.22. The predicted octanol–water partition coefficient (Wildman–Crippen LogP) is 4.20. The zero-order valence-corrected chi connectivity index (χ0v) is 17.4. The minimum Gasteiger partial charge on any atom is -0.338 e. The molecule has 2 aromatic carbocycles. The zero-order valence-electron chi connectivity index (χ0n) is 16.6. The Morgan fingerprint density at radius 2 is 2.00 bits per heavy atom. The summed E-state index contributed by atoms with van der Waals surface area (Å²) in [6.07, 6.45) is 5.55. The molecular formula is C23H24ClN5O. The number of fused-ring (bicyclic) bond motifs is 2. The number of hydrogen-bond acceptors (Lipinski definition) is 5. The standard InChI is InChI=1S/C23H23N5O.ClH/c1-2-6-20-19(5-1)25-15-28(20)13-16-7-9-17(10-8-16)21-26-22(29-27-21)23-11-3-4-18(23)12-24-14-23;/h1-2,5-10,15,18,24H,3-4,11-14H2;1H/t18-,23-;/m1./s1. The fourth-order valence-electron chi connectivity index (χ4n) is 5.14. The van der Waals surface area contributed by atoms with Gasteiger partial charge >= 0.3 is 0 Å². The quantitative estimate of drug-likeness (QED) is 0.535. The van der Waals surface area contributed by atoms with Gasteiger partial charge in [-0.3, -0.25) is 0 Å². The molecule has 7 heteroatoms. The van der Waals surface area contributed by atoms with Crippen molar-refractivity contribution in [3.63, 3.8) is 0 Å². The van der Waals surface area contributed by atoms with Gasteiger partial charge in [-0.15, -0.1) is 12.4 Å². The van der Waals surface area contributed by atoms with Gasteiger partial charge in [0.2, 0.25) is 11.7 Å². The third-order valence-electron chi connectivity index (χ3n) is 6.73. The molecule has 0 radical (unpaired) electrons. The number of imidazole rings is 1. The molecular weight excluding hydrogens is 398 g/mol. The van der Waals surface area contributed by atoms with Gasteiger partial charge in [0.1, 0.15) is 0 Å². The number of nitrogens with one attached hydrogen (secondary N) is 1. The van der Waals surface area contributed by atoms with E-state index in [0.717, 1.165) is 48.5 Å². The first kappa shape index (κ1) is 19.3. The predicted molar refractivity (Wildman–Crippen MR) is 118 cm³/mol. The molecule has 2 aliphatic rings. The molecule has 6 nitrogen and oxygen atoms in total. The molecule has 154 valence electrons. The van der Waals surface area contributed by atoms with Crippen LogP contribution in [0.15, 0.2) is 59.4 Å². The van der Waals surface area contributed by atoms with Crippen LogP contribution in [0.5, 0.6) is 0 Å². The molecule has 0 bridgehead atoms. The van der Waals surface area contributed by atoms with E-state index in [9.17, 15) is 0 Å². The summed E-state index contributed by atoms with van der Waals surface area (Å²) in [6, 6.07) is 16.6. The first-order valence-electron chi connectivity index (χ1n) is 10.4. The molecule has 4 aromatic rings. The Bertz CT molecular complexity index is 1160. The number of nitrogens with zero attached hydrogens (tertiary/aromatic N) is 4. The van der Waals surface area contributed by atoms with E-state index in [1.165, 1.54) is 18.4 Å². The Balaban J connectivity index is 0.00000193. The fraction of sp³-hybridized carbons (Fsp3) is 0.348. The third kappa shape index (κ3) is 3.02. The molecule has 2 aromatic heterocycles. The molecule has 2 atom stereocenters. The molecule has 3 heterocycles. The fourth-order valence-corrected chi connectivity index (χ4v) is 5.14. The molecule has 2 fully saturated rings. The van der Waals surface area contributed by atoms with Crippen LogP contribution in [0.4, 0.5) is 0 Å². The molecule has 1 saturated carbocycles. The second kappa shape index (κ2) is 7.52. The first-order chi connectivity index (χ1) is 14.3. The summed E-state index contributed by atoms with van der Waals surface area (Å²) in [4.78, 5) is 9.28. The number of para-hydroxylation sites is 2. The number of hydrogen-bond donors (Lipinski definition) is 1. The van der Waals surface area contributed by atoms with E-state index in [1.54, 1.807) is 0 Å². The van der Waals surface area contributed by atoms with E-state index in [-0.39, 0.29) is 17.8 Å². The van der Waals surface area contributed by atoms with Gasteiger partial charge in [-0.2, -0.15) is 4.98 Å². The Morgan fingerprint density at radius 3 is 2.90 bits per heavy atom. The van der Waals surface area contributed by atoms with Gasteiger partial charge in [0.25, 0.3) is 0 Å². The van der Waals surface area contributed by atoms with Crippen LogP contribution in [0.2, 0.25) is 0 Å². The van der Waals surface area contributed by atoms with Gasteiger partial charge in [-0.05, 0) is 43.0 Å². The van der Waals surface area contributed by atoms with E-state index in [0.29, 0.717) is 11.7 Å². The lowest BCUT2D eigenvalue weighted by Crippen LogP contribution is -2.31. The number of rotatable bonds is 4. The van der Waals surface area contributed by atoms with Crippen molar-refractivity contribution in [3.8, 4) is 11.4 Å². The average Bonchev–Trinajstić information content (AvgIpc) is 3.52. The number of halogens is 1. The minimum atomic E-state index is 0. The van der Waals surface area contributed by atoms with Gasteiger partial charge < -0.3 is 14.4 Å². The smallest absolute Gasteiger partial charge is 0.234 e. The second-order valence-corrected chi connectivity index (χ2v) is 8.36. The highest BCUT2D eigenvalue weighted by Gasteiger charge is 2.51. The molecule has 6 rings (SSSR count). The van der Waals surface area contributed by atoms with E-state index < -0.39 is 0 Å². The van der Waals surface area contributed by atoms with Crippen LogP contribution in [0, 0.1) is 5.92 Å². The van der Waals surface area contributed by atoms with Crippen LogP contribution in [0.1, 0.15) is 30.7 Å². The molecule has 0 amide bonds. The first-order valence-corrected chi connectivity index (χ1v) is 10.4. The monoisotopic (exact) mass is 421 g/mol. The highest BCUT2D eigenvalue weighted by molar-refractivity contribution is 5.85. The van der Waals surface area contributed by atoms with Crippen molar-refractivity contribution >= 4 is 23.4 Å². The summed E-state index contributed by atoms with van der Waals surface area (Å²) in [5, 5.41) is 7.82. The van der Waals surface area contributed by atoms with Crippen molar-refractivity contribution in [3.05, 3.63) is 66.3 Å². The Hall–Kier alpha value is -2.70. The van der Waals surface area contributed by atoms with Crippen LogP contribution in [0.3, 0.4) is 0 Å². The summed E-state index contributed by atoms with van der Waals surface area (Å²) in [6.45, 7) is 2.81. The van der Waals surface area contributed by atoms with Gasteiger partial charge in [-0.1, -0.05) is 48.0 Å². The summed E-state index contributed by atoms with van der Waals surface area (Å²) < 4.78 is 7.93. The Labute approximate surface area is 181 Å². The van der Waals surface area contributed by atoms with Gasteiger partial charge in [0.05, 0.1) is 22.8 Å². The summed E-state index contributed by atoms with van der Waals surface area (Å²) >= 11 is 0. The highest BCUT2D eigenvalue weighted by Crippen LogP contribution is 2.47. The summed E-state index contributed by atoms with van der Waals surface area (Å²) in [7, 11) is 0. The second-order valence-electron chi connectivity index (χ2n) is 8.36. The minimum absolute atomic E-state index is 0. The number of benzene rings is 2. The van der Waals surface area contributed by atoms with Gasteiger partial charge in [-0.25, -0.2) is 4.98 Å². The summed E-state index contributed by atoms with van der Waals surface area (Å²) in [5.74, 6) is 2.13. The normalized spacial score (nSPS) is 22.9. The van der Waals surface area contributed by atoms with Crippen molar-refractivity contribution in [1.82, 2.24) is 25.0 Å². The van der Waals surface area contributed by atoms with Crippen LogP contribution in [0.25, 0.3) is 22.4 Å². The van der Waals surface area contributed by atoms with E-state index in [4.69, 9.17) is 9.51 Å². The van der Waals surface area contributed by atoms with E-state index >= 15 is 0 Å². The zero-order chi connectivity index (χ0) is 19.3. The Morgan fingerprint density at radius 1 is 1.13 bits per heavy atom. The van der Waals surface area contributed by atoms with Crippen LogP contribution in [-0.2, 0) is 12.0 Å². The molecule has 1 aliphatic heterocycles. The summed E-state index contributed by atoms with van der Waals surface area (Å²) in [5.41, 5.74) is 4.43. The van der Waals surface area contributed by atoms with Crippen molar-refractivity contribution in [2.45, 2.75) is 31.2 Å². The average molecular weight is 422 g/mol. The lowest BCUT2D eigenvalue weighted by atomic mass is 9.80. The molecule has 1 saturated heterocycles. The molecule has 30 heavy (non-hydrogen) atoms. The number of aromatic nitrogens is 4. The van der Waals surface area contributed by atoms with Crippen molar-refractivity contribution in [2.24, 2.45) is 5.92 Å². The maximum absolute atomic E-state index is 5.76. The van der Waals surface area contributed by atoms with Gasteiger partial charge in [0, 0.05) is 18.7 Å². The van der Waals surface area contributed by atoms with E-state index in [1.807, 2.05) is 24.5 Å². The van der Waals surface area contributed by atoms with E-state index in [2.05, 4.69) is 50.4 Å². The topological polar surface area (TPSA) is 68.8 Å². The van der Waals surface area contributed by atoms with Crippen molar-refractivity contribution < 1.29 is 4.52 Å². The highest BCUT2D eigenvalue weighted by atomic mass is 35.5. The lowest BCUT2D eigenvalue weighted by molar-refractivity contribution is 0.265. The third-order valence-corrected chi connectivity index (χ3v) is 6.73. The van der Waals surface area contributed by atoms with Crippen LogP contribution in [-0.4, -0.2) is 32.8 Å². The van der Waals surface area contributed by atoms with Crippen molar-refractivity contribution in [2.75, 3.05) is 13.1 Å². The molecule has 0 spiro atoms. The maximum atomic E-state index is 5.76. The largest absolute Gasteiger partial charge is 0.338 e. The Kier molecular flexibility index (Phi) is 4.83. The molecule has 1 N–H and O–H groups in total. The SMILES string of the molecule is Cl.c1ccc2c(c1)ncn2Cc1ccc(-c2noc([C@@]34CCC[C@@H]3CNC4)n2)cc1. The van der Waals surface area contributed by atoms with Crippen molar-refractivity contribution in [1.29, 1.82) is 0 Å². The molecule has 1 aliphatic carbocycles. The molecule has 0 unspecified atom stereocenters. The van der Waals surface area contributed by atoms with Gasteiger partial charge in [0.15, 0.2) is 0 Å². The van der Waals surface area contributed by atoms with Crippen LogP contribution >= 0.6 is 12.4 Å².